The molecule has 1 amide bonds. The SMILES string of the molecule is C=CC(=O)Nc1cccc(Oc2nc(Nc3ccc(CCN(C)C)cc3)nc3ccsc23)c1. The van der Waals surface area contributed by atoms with E-state index < -0.39 is 0 Å². The van der Waals surface area contributed by atoms with E-state index >= 15 is 0 Å². The molecule has 0 bridgehead atoms. The Hall–Kier alpha value is -3.75. The third kappa shape index (κ3) is 5.94. The van der Waals surface area contributed by atoms with E-state index in [1.54, 1.807) is 18.2 Å². The number of hydrogen-bond donors (Lipinski definition) is 2. The molecule has 0 saturated heterocycles. The average Bonchev–Trinajstić information content (AvgIpc) is 3.28. The molecule has 168 valence electrons. The van der Waals surface area contributed by atoms with Gasteiger partial charge in [-0.1, -0.05) is 24.8 Å². The molecule has 4 aromatic rings. The van der Waals surface area contributed by atoms with Gasteiger partial charge in [0.05, 0.1) is 5.52 Å². The monoisotopic (exact) mass is 459 g/mol. The molecule has 0 atom stereocenters. The number of fused-ring (bicyclic) bond motifs is 1. The minimum atomic E-state index is -0.283. The van der Waals surface area contributed by atoms with E-state index in [0.29, 0.717) is 23.3 Å². The molecular weight excluding hydrogens is 434 g/mol. The van der Waals surface area contributed by atoms with E-state index in [0.717, 1.165) is 28.9 Å². The van der Waals surface area contributed by atoms with Gasteiger partial charge in [0, 0.05) is 24.0 Å². The number of anilines is 3. The first kappa shape index (κ1) is 22.4. The smallest absolute Gasteiger partial charge is 0.247 e. The maximum absolute atomic E-state index is 11.6. The Balaban J connectivity index is 1.54. The second kappa shape index (κ2) is 10.2. The van der Waals surface area contributed by atoms with Crippen molar-refractivity contribution in [3.63, 3.8) is 0 Å². The highest BCUT2D eigenvalue weighted by molar-refractivity contribution is 7.17. The first-order chi connectivity index (χ1) is 16.0. The van der Waals surface area contributed by atoms with Gasteiger partial charge in [-0.05, 0) is 67.9 Å². The van der Waals surface area contributed by atoms with Crippen LogP contribution in [0.25, 0.3) is 10.2 Å². The molecule has 7 nitrogen and oxygen atoms in total. The minimum absolute atomic E-state index is 0.283. The summed E-state index contributed by atoms with van der Waals surface area (Å²) in [6.45, 7) is 4.48. The van der Waals surface area contributed by atoms with Crippen molar-refractivity contribution in [1.29, 1.82) is 0 Å². The molecule has 0 saturated carbocycles. The lowest BCUT2D eigenvalue weighted by atomic mass is 10.1. The first-order valence-electron chi connectivity index (χ1n) is 10.5. The number of aromatic nitrogens is 2. The Morgan fingerprint density at radius 2 is 1.94 bits per heavy atom. The second-order valence-electron chi connectivity index (χ2n) is 7.69. The summed E-state index contributed by atoms with van der Waals surface area (Å²) in [5.41, 5.74) is 3.59. The van der Waals surface area contributed by atoms with Crippen molar-refractivity contribution < 1.29 is 9.53 Å². The lowest BCUT2D eigenvalue weighted by Gasteiger charge is -2.11. The normalized spacial score (nSPS) is 10.9. The summed E-state index contributed by atoms with van der Waals surface area (Å²) in [6, 6.07) is 17.3. The summed E-state index contributed by atoms with van der Waals surface area (Å²) in [4.78, 5) is 23.0. The number of likely N-dealkylation sites (N-methyl/N-ethyl adjacent to an activating group) is 1. The van der Waals surface area contributed by atoms with Crippen LogP contribution < -0.4 is 15.4 Å². The van der Waals surface area contributed by atoms with Crippen LogP contribution >= 0.6 is 11.3 Å². The molecule has 0 aliphatic carbocycles. The van der Waals surface area contributed by atoms with E-state index in [9.17, 15) is 4.79 Å². The van der Waals surface area contributed by atoms with Gasteiger partial charge in [-0.3, -0.25) is 4.79 Å². The van der Waals surface area contributed by atoms with Crippen molar-refractivity contribution in [3.05, 3.63) is 78.2 Å². The van der Waals surface area contributed by atoms with Crippen LogP contribution in [0.2, 0.25) is 0 Å². The lowest BCUT2D eigenvalue weighted by molar-refractivity contribution is -0.111. The molecule has 0 aliphatic rings. The maximum atomic E-state index is 11.6. The fourth-order valence-electron chi connectivity index (χ4n) is 3.14. The van der Waals surface area contributed by atoms with E-state index in [2.05, 4.69) is 58.3 Å². The molecule has 4 rings (SSSR count). The summed E-state index contributed by atoms with van der Waals surface area (Å²) in [5, 5.41) is 7.96. The van der Waals surface area contributed by atoms with Crippen LogP contribution in [0.3, 0.4) is 0 Å². The van der Waals surface area contributed by atoms with Crippen LogP contribution in [0.4, 0.5) is 17.3 Å². The number of carbonyl (C=O) groups excluding carboxylic acids is 1. The summed E-state index contributed by atoms with van der Waals surface area (Å²) in [6.07, 6.45) is 2.22. The van der Waals surface area contributed by atoms with Gasteiger partial charge < -0.3 is 20.3 Å². The quantitative estimate of drug-likeness (QED) is 0.324. The van der Waals surface area contributed by atoms with Gasteiger partial charge in [0.2, 0.25) is 17.7 Å². The van der Waals surface area contributed by atoms with Gasteiger partial charge in [0.1, 0.15) is 10.4 Å². The number of benzene rings is 2. The van der Waals surface area contributed by atoms with E-state index in [4.69, 9.17) is 4.74 Å². The number of amides is 1. The predicted molar refractivity (Wildman–Crippen MR) is 135 cm³/mol. The molecule has 0 unspecified atom stereocenters. The number of carbonyl (C=O) groups is 1. The molecule has 0 radical (unpaired) electrons. The summed E-state index contributed by atoms with van der Waals surface area (Å²) in [7, 11) is 4.14. The predicted octanol–water partition coefficient (Wildman–Crippen LogP) is 5.46. The maximum Gasteiger partial charge on any atom is 0.247 e. The highest BCUT2D eigenvalue weighted by Crippen LogP contribution is 2.33. The molecule has 2 aromatic heterocycles. The third-order valence-electron chi connectivity index (χ3n) is 4.83. The van der Waals surface area contributed by atoms with Crippen LogP contribution in [-0.2, 0) is 11.2 Å². The molecular formula is C25H25N5O2S. The van der Waals surface area contributed by atoms with E-state index in [1.807, 2.05) is 29.6 Å². The molecule has 2 aromatic carbocycles. The molecule has 2 heterocycles. The van der Waals surface area contributed by atoms with Gasteiger partial charge in [-0.2, -0.15) is 4.98 Å². The van der Waals surface area contributed by atoms with Crippen molar-refractivity contribution in [1.82, 2.24) is 14.9 Å². The Kier molecular flexibility index (Phi) is 6.97. The molecule has 0 aliphatic heterocycles. The standard InChI is InChI=1S/C25H25N5O2S/c1-4-22(31)26-19-6-5-7-20(16-19)32-24-23-21(13-15-33-23)28-25(29-24)27-18-10-8-17(9-11-18)12-14-30(2)3/h4-11,13,15-16H,1,12,14H2,2-3H3,(H,26,31)(H,27,28,29). The minimum Gasteiger partial charge on any atom is -0.437 e. The van der Waals surface area contributed by atoms with Gasteiger partial charge in [0.25, 0.3) is 0 Å². The number of ether oxygens (including phenoxy) is 1. The topological polar surface area (TPSA) is 79.4 Å². The number of nitrogens with zero attached hydrogens (tertiary/aromatic N) is 3. The van der Waals surface area contributed by atoms with E-state index in [-0.39, 0.29) is 5.91 Å². The molecule has 33 heavy (non-hydrogen) atoms. The van der Waals surface area contributed by atoms with Crippen molar-refractivity contribution in [2.45, 2.75) is 6.42 Å². The molecule has 8 heteroatoms. The third-order valence-corrected chi connectivity index (χ3v) is 5.72. The molecule has 0 spiro atoms. The Bertz CT molecular complexity index is 1270. The Labute approximate surface area is 196 Å². The zero-order chi connectivity index (χ0) is 23.2. The van der Waals surface area contributed by atoms with Gasteiger partial charge >= 0.3 is 0 Å². The van der Waals surface area contributed by atoms with Gasteiger partial charge in [-0.15, -0.1) is 11.3 Å². The average molecular weight is 460 g/mol. The summed E-state index contributed by atoms with van der Waals surface area (Å²) < 4.78 is 6.94. The van der Waals surface area contributed by atoms with Gasteiger partial charge in [-0.25, -0.2) is 4.98 Å². The highest BCUT2D eigenvalue weighted by atomic mass is 32.1. The Morgan fingerprint density at radius 1 is 1.12 bits per heavy atom. The van der Waals surface area contributed by atoms with Crippen molar-refractivity contribution in [2.24, 2.45) is 0 Å². The zero-order valence-electron chi connectivity index (χ0n) is 18.5. The largest absolute Gasteiger partial charge is 0.437 e. The molecule has 0 fully saturated rings. The van der Waals surface area contributed by atoms with Crippen LogP contribution in [0.5, 0.6) is 11.6 Å². The van der Waals surface area contributed by atoms with Crippen LogP contribution in [0, 0.1) is 0 Å². The zero-order valence-corrected chi connectivity index (χ0v) is 19.4. The molecule has 2 N–H and O–H groups in total. The van der Waals surface area contributed by atoms with E-state index in [1.165, 1.54) is 23.0 Å². The second-order valence-corrected chi connectivity index (χ2v) is 8.60. The van der Waals surface area contributed by atoms with Gasteiger partial charge in [0.15, 0.2) is 0 Å². The van der Waals surface area contributed by atoms with Crippen LogP contribution in [0.15, 0.2) is 72.6 Å². The fraction of sp³-hybridized carbons (Fsp3) is 0.160. The van der Waals surface area contributed by atoms with Crippen molar-refractivity contribution in [3.8, 4) is 11.6 Å². The van der Waals surface area contributed by atoms with Crippen LogP contribution in [-0.4, -0.2) is 41.4 Å². The summed E-state index contributed by atoms with van der Waals surface area (Å²) >= 11 is 1.51. The number of nitrogens with one attached hydrogen (secondary N) is 2. The number of thiophene rings is 1. The number of rotatable bonds is 9. The van der Waals surface area contributed by atoms with Crippen LogP contribution in [0.1, 0.15) is 5.56 Å². The van der Waals surface area contributed by atoms with Crippen molar-refractivity contribution >= 4 is 44.8 Å². The summed E-state index contributed by atoms with van der Waals surface area (Å²) in [5.74, 6) is 1.18. The highest BCUT2D eigenvalue weighted by Gasteiger charge is 2.12. The first-order valence-corrected chi connectivity index (χ1v) is 11.4. The lowest BCUT2D eigenvalue weighted by Crippen LogP contribution is -2.14. The Morgan fingerprint density at radius 3 is 2.70 bits per heavy atom. The number of hydrogen-bond acceptors (Lipinski definition) is 7. The fourth-order valence-corrected chi connectivity index (χ4v) is 3.90. The van der Waals surface area contributed by atoms with Crippen molar-refractivity contribution in [2.75, 3.05) is 31.3 Å².